The van der Waals surface area contributed by atoms with E-state index in [2.05, 4.69) is 5.32 Å². The second-order valence-corrected chi connectivity index (χ2v) is 6.34. The molecule has 1 aliphatic rings. The fourth-order valence-electron chi connectivity index (χ4n) is 2.85. The Kier molecular flexibility index (Phi) is 5.80. The van der Waals surface area contributed by atoms with Crippen molar-refractivity contribution in [2.45, 2.75) is 13.1 Å². The average Bonchev–Trinajstić information content (AvgIpc) is 2.68. The third-order valence-corrected chi connectivity index (χ3v) is 4.35. The molecule has 1 N–H and O–H groups in total. The van der Waals surface area contributed by atoms with Gasteiger partial charge < -0.3 is 15.1 Å². The summed E-state index contributed by atoms with van der Waals surface area (Å²) in [6, 6.07) is 15.2. The highest BCUT2D eigenvalue weighted by Gasteiger charge is 2.33. The monoisotopic (exact) mass is 369 g/mol. The molecule has 0 aromatic heterocycles. The minimum absolute atomic E-state index is 0.176. The molecule has 6 nitrogen and oxygen atoms in total. The van der Waals surface area contributed by atoms with E-state index in [0.717, 1.165) is 11.1 Å². The van der Waals surface area contributed by atoms with E-state index in [9.17, 15) is 18.8 Å². The van der Waals surface area contributed by atoms with E-state index in [1.807, 2.05) is 30.3 Å². The lowest BCUT2D eigenvalue weighted by molar-refractivity contribution is -0.157. The van der Waals surface area contributed by atoms with Gasteiger partial charge in [0.25, 0.3) is 0 Å². The van der Waals surface area contributed by atoms with Crippen molar-refractivity contribution in [1.29, 1.82) is 0 Å². The van der Waals surface area contributed by atoms with Crippen molar-refractivity contribution in [3.8, 4) is 0 Å². The van der Waals surface area contributed by atoms with Crippen molar-refractivity contribution in [2.24, 2.45) is 0 Å². The number of nitrogens with zero attached hydrogens (tertiary/aromatic N) is 2. The minimum atomic E-state index is -0.672. The second kappa shape index (κ2) is 8.44. The van der Waals surface area contributed by atoms with Crippen LogP contribution in [0, 0.1) is 5.82 Å². The topological polar surface area (TPSA) is 69.7 Å². The number of rotatable bonds is 6. The van der Waals surface area contributed by atoms with Gasteiger partial charge in [-0.3, -0.25) is 14.4 Å². The lowest BCUT2D eigenvalue weighted by Crippen LogP contribution is -2.55. The van der Waals surface area contributed by atoms with Gasteiger partial charge in [-0.25, -0.2) is 4.39 Å². The van der Waals surface area contributed by atoms with Gasteiger partial charge in [-0.05, 0) is 23.3 Å². The number of nitrogens with one attached hydrogen (secondary N) is 1. The van der Waals surface area contributed by atoms with Crippen LogP contribution >= 0.6 is 0 Å². The fourth-order valence-corrected chi connectivity index (χ4v) is 2.85. The molecule has 1 aliphatic heterocycles. The van der Waals surface area contributed by atoms with E-state index >= 15 is 0 Å². The summed E-state index contributed by atoms with van der Waals surface area (Å²) in [5.41, 5.74) is 1.70. The number of hydrogen-bond acceptors (Lipinski definition) is 3. The Hall–Kier alpha value is -3.22. The van der Waals surface area contributed by atoms with Gasteiger partial charge in [0.1, 0.15) is 12.4 Å². The average molecular weight is 369 g/mol. The molecular weight excluding hydrogens is 349 g/mol. The molecule has 0 bridgehead atoms. The normalized spacial score (nSPS) is 14.4. The molecule has 0 spiro atoms. The predicted molar refractivity (Wildman–Crippen MR) is 96.7 cm³/mol. The van der Waals surface area contributed by atoms with Crippen LogP contribution in [0.2, 0.25) is 0 Å². The third kappa shape index (κ3) is 4.91. The zero-order valence-corrected chi connectivity index (χ0v) is 14.7. The van der Waals surface area contributed by atoms with Crippen LogP contribution in [-0.4, -0.2) is 47.2 Å². The van der Waals surface area contributed by atoms with E-state index < -0.39 is 11.8 Å². The quantitative estimate of drug-likeness (QED) is 0.781. The molecular formula is C20H20FN3O3. The molecule has 3 amide bonds. The first-order valence-corrected chi connectivity index (χ1v) is 8.66. The summed E-state index contributed by atoms with van der Waals surface area (Å²) in [5, 5.41) is 2.67. The Labute approximate surface area is 156 Å². The Bertz CT molecular complexity index is 824. The van der Waals surface area contributed by atoms with E-state index in [-0.39, 0.29) is 24.8 Å². The third-order valence-electron chi connectivity index (χ3n) is 4.35. The number of carbonyl (C=O) groups excluding carboxylic acids is 3. The lowest BCUT2D eigenvalue weighted by atomic mass is 10.2. The highest BCUT2D eigenvalue weighted by atomic mass is 19.1. The number of hydrogen-bond donors (Lipinski definition) is 1. The van der Waals surface area contributed by atoms with E-state index in [0.29, 0.717) is 19.6 Å². The van der Waals surface area contributed by atoms with Crippen LogP contribution in [0.15, 0.2) is 54.6 Å². The van der Waals surface area contributed by atoms with E-state index in [1.165, 1.54) is 21.9 Å². The van der Waals surface area contributed by atoms with Crippen LogP contribution in [-0.2, 0) is 27.5 Å². The Morgan fingerprint density at radius 2 is 1.52 bits per heavy atom. The van der Waals surface area contributed by atoms with Gasteiger partial charge in [0.05, 0.1) is 0 Å². The summed E-state index contributed by atoms with van der Waals surface area (Å²) >= 11 is 0. The standard InChI is InChI=1S/C20H20FN3O3/c21-17-8-6-15(7-9-17)12-22-18(25)14-24-11-10-23(19(26)20(24)27)13-16-4-2-1-3-5-16/h1-9H,10-14H2,(H,22,25). The molecule has 0 unspecified atom stereocenters. The van der Waals surface area contributed by atoms with Crippen LogP contribution in [0.25, 0.3) is 0 Å². The van der Waals surface area contributed by atoms with Crippen LogP contribution in [0.5, 0.6) is 0 Å². The summed E-state index contributed by atoms with van der Waals surface area (Å²) in [6.45, 7) is 1.11. The number of carbonyl (C=O) groups is 3. The molecule has 27 heavy (non-hydrogen) atoms. The van der Waals surface area contributed by atoms with Gasteiger partial charge in [0.15, 0.2) is 0 Å². The first kappa shape index (κ1) is 18.6. The minimum Gasteiger partial charge on any atom is -0.350 e. The van der Waals surface area contributed by atoms with Crippen LogP contribution in [0.3, 0.4) is 0 Å². The number of benzene rings is 2. The maximum atomic E-state index is 12.9. The second-order valence-electron chi connectivity index (χ2n) is 6.34. The molecule has 140 valence electrons. The van der Waals surface area contributed by atoms with Crippen molar-refractivity contribution in [3.05, 3.63) is 71.5 Å². The predicted octanol–water partition coefficient (Wildman–Crippen LogP) is 1.31. The van der Waals surface area contributed by atoms with Crippen molar-refractivity contribution in [3.63, 3.8) is 0 Å². The number of amides is 3. The number of halogens is 1. The zero-order chi connectivity index (χ0) is 19.2. The van der Waals surface area contributed by atoms with Crippen molar-refractivity contribution >= 4 is 17.7 Å². The Morgan fingerprint density at radius 3 is 2.22 bits per heavy atom. The first-order valence-electron chi connectivity index (χ1n) is 8.66. The van der Waals surface area contributed by atoms with Gasteiger partial charge >= 0.3 is 11.8 Å². The molecule has 0 aliphatic carbocycles. The Morgan fingerprint density at radius 1 is 0.889 bits per heavy atom. The molecule has 1 fully saturated rings. The van der Waals surface area contributed by atoms with Crippen molar-refractivity contribution in [2.75, 3.05) is 19.6 Å². The maximum absolute atomic E-state index is 12.9. The van der Waals surface area contributed by atoms with Gasteiger partial charge in [-0.1, -0.05) is 42.5 Å². The molecule has 1 heterocycles. The molecule has 0 radical (unpaired) electrons. The smallest absolute Gasteiger partial charge is 0.312 e. The lowest BCUT2D eigenvalue weighted by Gasteiger charge is -2.33. The molecule has 2 aromatic carbocycles. The highest BCUT2D eigenvalue weighted by Crippen LogP contribution is 2.10. The van der Waals surface area contributed by atoms with Crippen LogP contribution in [0.4, 0.5) is 4.39 Å². The van der Waals surface area contributed by atoms with Gasteiger partial charge in [-0.15, -0.1) is 0 Å². The zero-order valence-electron chi connectivity index (χ0n) is 14.7. The van der Waals surface area contributed by atoms with Crippen LogP contribution in [0.1, 0.15) is 11.1 Å². The van der Waals surface area contributed by atoms with Crippen molar-refractivity contribution in [1.82, 2.24) is 15.1 Å². The fraction of sp³-hybridized carbons (Fsp3) is 0.250. The SMILES string of the molecule is O=C(CN1CCN(Cc2ccccc2)C(=O)C1=O)NCc1ccc(F)cc1. The van der Waals surface area contributed by atoms with Crippen molar-refractivity contribution < 1.29 is 18.8 Å². The molecule has 0 atom stereocenters. The first-order chi connectivity index (χ1) is 13.0. The molecule has 0 saturated carbocycles. The van der Waals surface area contributed by atoms with E-state index in [4.69, 9.17) is 0 Å². The number of piperazine rings is 1. The van der Waals surface area contributed by atoms with Gasteiger partial charge in [0.2, 0.25) is 5.91 Å². The largest absolute Gasteiger partial charge is 0.350 e. The van der Waals surface area contributed by atoms with Gasteiger partial charge in [-0.2, -0.15) is 0 Å². The van der Waals surface area contributed by atoms with Crippen LogP contribution < -0.4 is 5.32 Å². The molecule has 1 saturated heterocycles. The molecule has 7 heteroatoms. The summed E-state index contributed by atoms with van der Waals surface area (Å²) in [4.78, 5) is 39.4. The summed E-state index contributed by atoms with van der Waals surface area (Å²) in [5.74, 6) is -1.98. The van der Waals surface area contributed by atoms with E-state index in [1.54, 1.807) is 12.1 Å². The molecule has 2 aromatic rings. The summed E-state index contributed by atoms with van der Waals surface area (Å²) in [6.07, 6.45) is 0. The highest BCUT2D eigenvalue weighted by molar-refractivity contribution is 6.35. The summed E-state index contributed by atoms with van der Waals surface area (Å²) < 4.78 is 12.9. The maximum Gasteiger partial charge on any atom is 0.312 e. The Balaban J connectivity index is 1.50. The van der Waals surface area contributed by atoms with Gasteiger partial charge in [0, 0.05) is 26.2 Å². The molecule has 3 rings (SSSR count). The summed E-state index contributed by atoms with van der Waals surface area (Å²) in [7, 11) is 0.